The van der Waals surface area contributed by atoms with Crippen LogP contribution in [0, 0.1) is 11.3 Å². The Balaban J connectivity index is 1.57. The zero-order valence-electron chi connectivity index (χ0n) is 21.7. The van der Waals surface area contributed by atoms with Crippen molar-refractivity contribution in [3.63, 3.8) is 0 Å². The fourth-order valence-electron chi connectivity index (χ4n) is 5.47. The fraction of sp³-hybridized carbons (Fsp3) is 0.880. The predicted octanol–water partition coefficient (Wildman–Crippen LogP) is -1.64. The Kier molecular flexibility index (Phi) is 10.3. The van der Waals surface area contributed by atoms with E-state index in [-0.39, 0.29) is 17.1 Å². The van der Waals surface area contributed by atoms with Crippen LogP contribution in [0.2, 0.25) is 0 Å². The minimum absolute atomic E-state index is 0.117. The highest BCUT2D eigenvalue weighted by Gasteiger charge is 2.48. The number of rotatable bonds is 9. The average Bonchev–Trinajstić information content (AvgIpc) is 2.82. The maximum absolute atomic E-state index is 11.9. The monoisotopic (exact) mass is 534 g/mol. The van der Waals surface area contributed by atoms with Crippen LogP contribution in [0.25, 0.3) is 0 Å². The SMILES string of the molecule is CC1=CC(=O)CC(C)(C)C1CCC(C)OC1OC(COC2OC(CO)C(O)C(O)C2O)C(O)C(O)C1O. The summed E-state index contributed by atoms with van der Waals surface area (Å²) in [6.07, 6.45) is -11.5. The molecule has 2 heterocycles. The maximum atomic E-state index is 11.9. The molecule has 2 saturated heterocycles. The Labute approximate surface area is 216 Å². The standard InChI is InChI=1S/C25H42O12/c1-11-7-13(27)8-25(3,4)14(11)6-5-12(2)35-24-22(33)20(31)18(29)16(37-24)10-34-23-21(32)19(30)17(28)15(9-26)36-23/h7,12,14-24,26,28-33H,5-6,8-10H2,1-4H3. The number of aliphatic hydroxyl groups is 7. The number of carbonyl (C=O) groups is 1. The van der Waals surface area contributed by atoms with Crippen LogP contribution < -0.4 is 0 Å². The zero-order valence-corrected chi connectivity index (χ0v) is 21.7. The van der Waals surface area contributed by atoms with Gasteiger partial charge in [0.25, 0.3) is 0 Å². The second-order valence-electron chi connectivity index (χ2n) is 11.1. The summed E-state index contributed by atoms with van der Waals surface area (Å²) in [6, 6.07) is 0. The smallest absolute Gasteiger partial charge is 0.186 e. The summed E-state index contributed by atoms with van der Waals surface area (Å²) in [5.41, 5.74) is 0.829. The number of hydrogen-bond donors (Lipinski definition) is 7. The molecule has 12 unspecified atom stereocenters. The van der Waals surface area contributed by atoms with Gasteiger partial charge in [0.15, 0.2) is 18.4 Å². The summed E-state index contributed by atoms with van der Waals surface area (Å²) in [5, 5.41) is 70.4. The molecule has 37 heavy (non-hydrogen) atoms. The number of allylic oxidation sites excluding steroid dienone is 2. The van der Waals surface area contributed by atoms with E-state index in [9.17, 15) is 40.5 Å². The van der Waals surface area contributed by atoms with Gasteiger partial charge in [0.05, 0.1) is 19.3 Å². The quantitative estimate of drug-likeness (QED) is 0.178. The molecule has 0 saturated carbocycles. The lowest BCUT2D eigenvalue weighted by Crippen LogP contribution is -2.62. The van der Waals surface area contributed by atoms with Crippen LogP contribution >= 0.6 is 0 Å². The third-order valence-corrected chi connectivity index (χ3v) is 7.68. The van der Waals surface area contributed by atoms with E-state index in [0.29, 0.717) is 12.8 Å². The van der Waals surface area contributed by atoms with Crippen molar-refractivity contribution in [1.82, 2.24) is 0 Å². The van der Waals surface area contributed by atoms with Crippen molar-refractivity contribution in [1.29, 1.82) is 0 Å². The summed E-state index contributed by atoms with van der Waals surface area (Å²) in [4.78, 5) is 11.9. The van der Waals surface area contributed by atoms with Crippen molar-refractivity contribution in [2.24, 2.45) is 11.3 Å². The Morgan fingerprint density at radius 2 is 1.51 bits per heavy atom. The van der Waals surface area contributed by atoms with Gasteiger partial charge in [-0.3, -0.25) is 4.79 Å². The van der Waals surface area contributed by atoms with E-state index >= 15 is 0 Å². The number of ether oxygens (including phenoxy) is 4. The van der Waals surface area contributed by atoms with Gasteiger partial charge in [-0.2, -0.15) is 0 Å². The Morgan fingerprint density at radius 1 is 0.946 bits per heavy atom. The molecule has 12 nitrogen and oxygen atoms in total. The van der Waals surface area contributed by atoms with E-state index in [1.165, 1.54) is 0 Å². The number of ketones is 1. The van der Waals surface area contributed by atoms with Crippen molar-refractivity contribution in [2.45, 2.75) is 114 Å². The number of aliphatic hydroxyl groups excluding tert-OH is 7. The summed E-state index contributed by atoms with van der Waals surface area (Å²) in [5.74, 6) is 0.298. The first-order chi connectivity index (χ1) is 17.3. The Bertz CT molecular complexity index is 801. The summed E-state index contributed by atoms with van der Waals surface area (Å²) in [7, 11) is 0. The molecule has 0 amide bonds. The molecule has 3 rings (SSSR count). The van der Waals surface area contributed by atoms with Gasteiger partial charge >= 0.3 is 0 Å². The lowest BCUT2D eigenvalue weighted by Gasteiger charge is -2.43. The van der Waals surface area contributed by atoms with Crippen molar-refractivity contribution in [3.8, 4) is 0 Å². The number of hydrogen-bond acceptors (Lipinski definition) is 12. The molecule has 3 aliphatic rings. The molecule has 214 valence electrons. The van der Waals surface area contributed by atoms with Crippen molar-refractivity contribution in [3.05, 3.63) is 11.6 Å². The molecule has 12 heteroatoms. The van der Waals surface area contributed by atoms with E-state index < -0.39 is 80.7 Å². The summed E-state index contributed by atoms with van der Waals surface area (Å²) in [6.45, 7) is 6.81. The molecule has 7 N–H and O–H groups in total. The van der Waals surface area contributed by atoms with E-state index in [1.54, 1.807) is 13.0 Å². The third-order valence-electron chi connectivity index (χ3n) is 7.68. The van der Waals surface area contributed by atoms with E-state index in [1.807, 2.05) is 6.92 Å². The molecule has 12 atom stereocenters. The average molecular weight is 535 g/mol. The van der Waals surface area contributed by atoms with E-state index in [4.69, 9.17) is 18.9 Å². The van der Waals surface area contributed by atoms with Crippen molar-refractivity contribution < 1.29 is 59.5 Å². The Morgan fingerprint density at radius 3 is 2.11 bits per heavy atom. The van der Waals surface area contributed by atoms with Gasteiger partial charge in [-0.15, -0.1) is 0 Å². The molecule has 2 fully saturated rings. The second kappa shape index (κ2) is 12.4. The largest absolute Gasteiger partial charge is 0.394 e. The van der Waals surface area contributed by atoms with Gasteiger partial charge < -0.3 is 54.7 Å². The molecule has 0 aromatic heterocycles. The molecule has 0 aromatic rings. The third kappa shape index (κ3) is 6.95. The van der Waals surface area contributed by atoms with Crippen LogP contribution in [-0.2, 0) is 23.7 Å². The first-order valence-corrected chi connectivity index (χ1v) is 12.7. The predicted molar refractivity (Wildman–Crippen MR) is 127 cm³/mol. The highest BCUT2D eigenvalue weighted by Crippen LogP contribution is 2.42. The van der Waals surface area contributed by atoms with E-state index in [2.05, 4.69) is 13.8 Å². The molecular formula is C25H42O12. The highest BCUT2D eigenvalue weighted by molar-refractivity contribution is 5.91. The van der Waals surface area contributed by atoms with Crippen LogP contribution in [0.15, 0.2) is 11.6 Å². The maximum Gasteiger partial charge on any atom is 0.186 e. The van der Waals surface area contributed by atoms with Crippen LogP contribution in [0.3, 0.4) is 0 Å². The first-order valence-electron chi connectivity index (χ1n) is 12.7. The van der Waals surface area contributed by atoms with Crippen LogP contribution in [-0.4, -0.2) is 122 Å². The number of carbonyl (C=O) groups excluding carboxylic acids is 1. The first kappa shape index (κ1) is 30.5. The van der Waals surface area contributed by atoms with Crippen LogP contribution in [0.1, 0.15) is 47.0 Å². The summed E-state index contributed by atoms with van der Waals surface area (Å²) < 4.78 is 22.3. The van der Waals surface area contributed by atoms with Crippen LogP contribution in [0.4, 0.5) is 0 Å². The molecule has 0 aromatic carbocycles. The fourth-order valence-corrected chi connectivity index (χ4v) is 5.47. The van der Waals surface area contributed by atoms with Gasteiger partial charge in [0.2, 0.25) is 0 Å². The molecular weight excluding hydrogens is 492 g/mol. The van der Waals surface area contributed by atoms with Gasteiger partial charge in [-0.25, -0.2) is 0 Å². The molecule has 0 spiro atoms. The van der Waals surface area contributed by atoms with Crippen molar-refractivity contribution >= 4 is 5.78 Å². The topological polar surface area (TPSA) is 196 Å². The van der Waals surface area contributed by atoms with E-state index in [0.717, 1.165) is 12.0 Å². The summed E-state index contributed by atoms with van der Waals surface area (Å²) >= 11 is 0. The second-order valence-corrected chi connectivity index (χ2v) is 11.1. The zero-order chi connectivity index (χ0) is 27.7. The molecule has 0 bridgehead atoms. The van der Waals surface area contributed by atoms with Crippen LogP contribution in [0.5, 0.6) is 0 Å². The molecule has 0 radical (unpaired) electrons. The van der Waals surface area contributed by atoms with Crippen molar-refractivity contribution in [2.75, 3.05) is 13.2 Å². The Hall–Kier alpha value is -1.03. The van der Waals surface area contributed by atoms with Gasteiger partial charge in [0.1, 0.15) is 48.8 Å². The molecule has 1 aliphatic carbocycles. The highest BCUT2D eigenvalue weighted by atomic mass is 16.7. The molecule has 2 aliphatic heterocycles. The van der Waals surface area contributed by atoms with Gasteiger partial charge in [0, 0.05) is 6.42 Å². The lowest BCUT2D eigenvalue weighted by atomic mass is 9.66. The normalized spacial score (nSPS) is 43.4. The lowest BCUT2D eigenvalue weighted by molar-refractivity contribution is -0.335. The van der Waals surface area contributed by atoms with Gasteiger partial charge in [-0.05, 0) is 44.1 Å². The van der Waals surface area contributed by atoms with Gasteiger partial charge in [-0.1, -0.05) is 19.4 Å². The minimum Gasteiger partial charge on any atom is -0.394 e. The minimum atomic E-state index is -1.64.